The minimum atomic E-state index is -0.120. The number of nitrogens with one attached hydrogen (secondary N) is 2. The van der Waals surface area contributed by atoms with Gasteiger partial charge in [0.1, 0.15) is 6.54 Å². The summed E-state index contributed by atoms with van der Waals surface area (Å²) < 4.78 is 0.939. The number of hydrogen-bond donors (Lipinski definition) is 2. The summed E-state index contributed by atoms with van der Waals surface area (Å²) in [4.78, 5) is 18.6. The van der Waals surface area contributed by atoms with Crippen LogP contribution in [0.3, 0.4) is 0 Å². The van der Waals surface area contributed by atoms with E-state index >= 15 is 0 Å². The number of unbranched alkanes of at least 4 members (excludes halogenated alkanes) is 1. The molecule has 0 aliphatic rings. The summed E-state index contributed by atoms with van der Waals surface area (Å²) in [5.41, 5.74) is 1.83. The Morgan fingerprint density at radius 2 is 2.04 bits per heavy atom. The molecule has 1 rings (SSSR count). The third-order valence-corrected chi connectivity index (χ3v) is 3.88. The number of aryl methyl sites for hydroxylation is 1. The first-order valence-electron chi connectivity index (χ1n) is 8.03. The number of amides is 1. The summed E-state index contributed by atoms with van der Waals surface area (Å²) in [6, 6.07) is 5.82. The quantitative estimate of drug-likeness (QED) is 0.331. The minimum Gasteiger partial charge on any atom is -0.357 e. The number of guanidine groups is 1. The lowest BCUT2D eigenvalue weighted by molar-refractivity contribution is -0.114. The molecule has 2 N–H and O–H groups in total. The highest BCUT2D eigenvalue weighted by Gasteiger charge is 2.08. The highest BCUT2D eigenvalue weighted by atomic mass is 127. The number of aliphatic imine (C=N–C) groups is 1. The zero-order valence-electron chi connectivity index (χ0n) is 14.9. The second-order valence-corrected chi connectivity index (χ2v) is 6.37. The molecule has 136 valence electrons. The van der Waals surface area contributed by atoms with Gasteiger partial charge < -0.3 is 15.5 Å². The van der Waals surface area contributed by atoms with Gasteiger partial charge in [0.05, 0.1) is 0 Å². The van der Waals surface area contributed by atoms with Crippen LogP contribution in [-0.2, 0) is 4.79 Å². The molecule has 0 saturated heterocycles. The normalized spacial score (nSPS) is 10.8. The van der Waals surface area contributed by atoms with Gasteiger partial charge in [-0.1, -0.05) is 35.3 Å². The molecule has 0 radical (unpaired) electrons. The van der Waals surface area contributed by atoms with Gasteiger partial charge in [0.15, 0.2) is 5.96 Å². The molecular formula is C17H28BrIN4O. The first-order chi connectivity index (χ1) is 11.0. The van der Waals surface area contributed by atoms with Crippen LogP contribution in [0.2, 0.25) is 0 Å². The van der Waals surface area contributed by atoms with Gasteiger partial charge in [-0.05, 0) is 38.0 Å². The molecular weight excluding hydrogens is 483 g/mol. The van der Waals surface area contributed by atoms with Gasteiger partial charge in [-0.25, -0.2) is 4.99 Å². The monoisotopic (exact) mass is 510 g/mol. The molecule has 24 heavy (non-hydrogen) atoms. The number of carbonyl (C=O) groups is 1. The lowest BCUT2D eigenvalue weighted by Gasteiger charge is -2.21. The number of halogens is 2. The standard InChI is InChI=1S/C17H27BrN4O.HI/c1-5-7-10-22(4)17(19-6-2)20-12-16(23)21-15-11-14(18)9-8-13(15)3;/h8-9,11H,5-7,10,12H2,1-4H3,(H,19,20)(H,21,23);1H. The summed E-state index contributed by atoms with van der Waals surface area (Å²) in [6.45, 7) is 7.95. The van der Waals surface area contributed by atoms with Gasteiger partial charge in [0, 0.05) is 30.3 Å². The molecule has 0 bridgehead atoms. The maximum absolute atomic E-state index is 12.1. The number of carbonyl (C=O) groups excluding carboxylic acids is 1. The number of rotatable bonds is 7. The Kier molecular flexibility index (Phi) is 12.1. The van der Waals surface area contributed by atoms with Gasteiger partial charge in [-0.15, -0.1) is 24.0 Å². The largest absolute Gasteiger partial charge is 0.357 e. The second kappa shape index (κ2) is 12.5. The van der Waals surface area contributed by atoms with Gasteiger partial charge in [-0.3, -0.25) is 4.79 Å². The van der Waals surface area contributed by atoms with Crippen molar-refractivity contribution in [3.05, 3.63) is 28.2 Å². The number of nitrogens with zero attached hydrogens (tertiary/aromatic N) is 2. The van der Waals surface area contributed by atoms with Crippen LogP contribution < -0.4 is 10.6 Å². The van der Waals surface area contributed by atoms with Gasteiger partial charge in [-0.2, -0.15) is 0 Å². The van der Waals surface area contributed by atoms with Crippen molar-refractivity contribution in [3.8, 4) is 0 Å². The first-order valence-corrected chi connectivity index (χ1v) is 8.82. The van der Waals surface area contributed by atoms with E-state index < -0.39 is 0 Å². The van der Waals surface area contributed by atoms with Gasteiger partial charge in [0.2, 0.25) is 5.91 Å². The van der Waals surface area contributed by atoms with Crippen LogP contribution in [0.5, 0.6) is 0 Å². The van der Waals surface area contributed by atoms with Crippen molar-refractivity contribution in [2.24, 2.45) is 4.99 Å². The first kappa shape index (κ1) is 23.2. The van der Waals surface area contributed by atoms with Crippen molar-refractivity contribution < 1.29 is 4.79 Å². The third kappa shape index (κ3) is 8.32. The number of hydrogen-bond acceptors (Lipinski definition) is 2. The molecule has 0 atom stereocenters. The van der Waals surface area contributed by atoms with Crippen LogP contribution in [0.15, 0.2) is 27.7 Å². The van der Waals surface area contributed by atoms with Crippen molar-refractivity contribution >= 4 is 57.5 Å². The van der Waals surface area contributed by atoms with Crippen LogP contribution in [0.4, 0.5) is 5.69 Å². The average Bonchev–Trinajstić information content (AvgIpc) is 2.52. The molecule has 1 amide bonds. The fourth-order valence-corrected chi connectivity index (χ4v) is 2.40. The van der Waals surface area contributed by atoms with Crippen molar-refractivity contribution in [1.82, 2.24) is 10.2 Å². The minimum absolute atomic E-state index is 0. The Hall–Kier alpha value is -0.830. The van der Waals surface area contributed by atoms with Crippen LogP contribution in [0.25, 0.3) is 0 Å². The topological polar surface area (TPSA) is 56.7 Å². The summed E-state index contributed by atoms with van der Waals surface area (Å²) in [5.74, 6) is 0.646. The lowest BCUT2D eigenvalue weighted by Crippen LogP contribution is -2.40. The SMILES string of the molecule is CCCCN(C)C(=NCC(=O)Nc1cc(Br)ccc1C)NCC.I. The van der Waals surface area contributed by atoms with Crippen molar-refractivity contribution in [1.29, 1.82) is 0 Å². The molecule has 0 aliphatic carbocycles. The van der Waals surface area contributed by atoms with E-state index in [0.29, 0.717) is 0 Å². The van der Waals surface area contributed by atoms with Crippen LogP contribution >= 0.6 is 39.9 Å². The smallest absolute Gasteiger partial charge is 0.246 e. The molecule has 1 aromatic rings. The maximum atomic E-state index is 12.1. The molecule has 5 nitrogen and oxygen atoms in total. The predicted molar refractivity (Wildman–Crippen MR) is 116 cm³/mol. The van der Waals surface area contributed by atoms with Crippen LogP contribution in [-0.4, -0.2) is 43.4 Å². The molecule has 0 spiro atoms. The molecule has 7 heteroatoms. The maximum Gasteiger partial charge on any atom is 0.246 e. The van der Waals surface area contributed by atoms with E-state index in [1.807, 2.05) is 39.1 Å². The third-order valence-electron chi connectivity index (χ3n) is 3.39. The summed E-state index contributed by atoms with van der Waals surface area (Å²) in [5, 5.41) is 6.13. The molecule has 0 heterocycles. The van der Waals surface area contributed by atoms with Crippen molar-refractivity contribution in [3.63, 3.8) is 0 Å². The molecule has 0 saturated carbocycles. The Labute approximate surface area is 170 Å². The predicted octanol–water partition coefficient (Wildman–Crippen LogP) is 4.01. The van der Waals surface area contributed by atoms with E-state index in [0.717, 1.165) is 47.6 Å². The molecule has 1 aromatic carbocycles. The van der Waals surface area contributed by atoms with Gasteiger partial charge >= 0.3 is 0 Å². The van der Waals surface area contributed by atoms with Crippen molar-refractivity contribution in [2.45, 2.75) is 33.6 Å². The molecule has 0 aliphatic heterocycles. The highest BCUT2D eigenvalue weighted by Crippen LogP contribution is 2.20. The Balaban J connectivity index is 0.00000529. The Morgan fingerprint density at radius 1 is 1.33 bits per heavy atom. The average molecular weight is 511 g/mol. The van der Waals surface area contributed by atoms with Crippen LogP contribution in [0.1, 0.15) is 32.3 Å². The molecule has 0 unspecified atom stereocenters. The Bertz CT molecular complexity index is 551. The van der Waals surface area contributed by atoms with E-state index in [9.17, 15) is 4.79 Å². The summed E-state index contributed by atoms with van der Waals surface area (Å²) in [6.07, 6.45) is 2.23. The fourth-order valence-electron chi connectivity index (χ4n) is 2.04. The highest BCUT2D eigenvalue weighted by molar-refractivity contribution is 14.0. The zero-order chi connectivity index (χ0) is 17.2. The van der Waals surface area contributed by atoms with E-state index in [-0.39, 0.29) is 36.4 Å². The lowest BCUT2D eigenvalue weighted by atomic mass is 10.2. The number of anilines is 1. The second-order valence-electron chi connectivity index (χ2n) is 5.45. The number of benzene rings is 1. The van der Waals surface area contributed by atoms with E-state index in [2.05, 4.69) is 43.4 Å². The van der Waals surface area contributed by atoms with Gasteiger partial charge in [0.25, 0.3) is 0 Å². The van der Waals surface area contributed by atoms with E-state index in [4.69, 9.17) is 0 Å². The van der Waals surface area contributed by atoms with Crippen molar-refractivity contribution in [2.75, 3.05) is 32.0 Å². The molecule has 0 aromatic heterocycles. The fraction of sp³-hybridized carbons (Fsp3) is 0.529. The summed E-state index contributed by atoms with van der Waals surface area (Å²) in [7, 11) is 1.99. The van der Waals surface area contributed by atoms with Crippen LogP contribution in [0, 0.1) is 6.92 Å². The molecule has 0 fully saturated rings. The van der Waals surface area contributed by atoms with E-state index in [1.54, 1.807) is 0 Å². The summed E-state index contributed by atoms with van der Waals surface area (Å²) >= 11 is 3.42. The Morgan fingerprint density at radius 3 is 2.67 bits per heavy atom. The van der Waals surface area contributed by atoms with E-state index in [1.165, 1.54) is 0 Å². The zero-order valence-corrected chi connectivity index (χ0v) is 18.8.